The van der Waals surface area contributed by atoms with Crippen LogP contribution in [0.25, 0.3) is 0 Å². The Labute approximate surface area is 161 Å². The van der Waals surface area contributed by atoms with Crippen molar-refractivity contribution >= 4 is 42.1 Å². The molecule has 0 bridgehead atoms. The first-order valence-electron chi connectivity index (χ1n) is 8.15. The maximum atomic E-state index is 12.4. The zero-order valence-corrected chi connectivity index (χ0v) is 15.8. The molecule has 0 spiro atoms. The number of halogens is 2. The molecule has 0 atom stereocenters. The number of rotatable bonds is 4. The third-order valence-corrected chi connectivity index (χ3v) is 4.42. The SMILES string of the molecule is Cl.Cl.Nc1ccccc1CCC(=O)N1CCN(c2ccccc2)CC1. The molecule has 2 N–H and O–H groups in total. The zero-order chi connectivity index (χ0) is 16.1. The van der Waals surface area contributed by atoms with Crippen LogP contribution in [0.4, 0.5) is 11.4 Å². The highest BCUT2D eigenvalue weighted by Crippen LogP contribution is 2.17. The van der Waals surface area contributed by atoms with Gasteiger partial charge < -0.3 is 15.5 Å². The molecular weight excluding hydrogens is 357 g/mol. The van der Waals surface area contributed by atoms with Crippen molar-refractivity contribution in [2.45, 2.75) is 12.8 Å². The number of benzene rings is 2. The van der Waals surface area contributed by atoms with E-state index in [2.05, 4.69) is 29.2 Å². The standard InChI is InChI=1S/C19H23N3O.2ClH/c20-18-9-5-4-6-16(18)10-11-19(23)22-14-12-21(13-15-22)17-7-2-1-3-8-17;;/h1-9H,10-15,20H2;2*1H. The van der Waals surface area contributed by atoms with Gasteiger partial charge in [0.25, 0.3) is 0 Å². The lowest BCUT2D eigenvalue weighted by Gasteiger charge is -2.36. The highest BCUT2D eigenvalue weighted by Gasteiger charge is 2.21. The van der Waals surface area contributed by atoms with Crippen LogP contribution in [-0.2, 0) is 11.2 Å². The average Bonchev–Trinajstić information content (AvgIpc) is 2.62. The molecule has 0 radical (unpaired) electrons. The fraction of sp³-hybridized carbons (Fsp3) is 0.316. The van der Waals surface area contributed by atoms with Crippen molar-refractivity contribution in [2.24, 2.45) is 0 Å². The van der Waals surface area contributed by atoms with E-state index in [4.69, 9.17) is 5.73 Å². The quantitative estimate of drug-likeness (QED) is 0.825. The van der Waals surface area contributed by atoms with Gasteiger partial charge in [0.05, 0.1) is 0 Å². The fourth-order valence-electron chi connectivity index (χ4n) is 3.01. The van der Waals surface area contributed by atoms with E-state index in [0.717, 1.165) is 37.4 Å². The Morgan fingerprint density at radius 1 is 0.880 bits per heavy atom. The van der Waals surface area contributed by atoms with E-state index in [1.165, 1.54) is 5.69 Å². The second kappa shape index (κ2) is 10.2. The van der Waals surface area contributed by atoms with Gasteiger partial charge in [0.2, 0.25) is 5.91 Å². The predicted octanol–water partition coefficient (Wildman–Crippen LogP) is 3.39. The summed E-state index contributed by atoms with van der Waals surface area (Å²) in [5.74, 6) is 0.223. The van der Waals surface area contributed by atoms with Crippen molar-refractivity contribution in [3.8, 4) is 0 Å². The van der Waals surface area contributed by atoms with Crippen LogP contribution >= 0.6 is 24.8 Å². The van der Waals surface area contributed by atoms with Crippen molar-refractivity contribution in [3.05, 3.63) is 60.2 Å². The van der Waals surface area contributed by atoms with Gasteiger partial charge in [-0.1, -0.05) is 36.4 Å². The van der Waals surface area contributed by atoms with Gasteiger partial charge in [-0.25, -0.2) is 0 Å². The number of hydrogen-bond donors (Lipinski definition) is 1. The van der Waals surface area contributed by atoms with Crippen molar-refractivity contribution in [3.63, 3.8) is 0 Å². The minimum atomic E-state index is 0. The second-order valence-electron chi connectivity index (χ2n) is 5.90. The molecular formula is C19H25Cl2N3O. The number of piperazine rings is 1. The van der Waals surface area contributed by atoms with E-state index in [0.29, 0.717) is 12.8 Å². The molecule has 3 rings (SSSR count). The minimum absolute atomic E-state index is 0. The Balaban J connectivity index is 0.00000156. The first-order chi connectivity index (χ1) is 11.2. The second-order valence-corrected chi connectivity index (χ2v) is 5.90. The first-order valence-corrected chi connectivity index (χ1v) is 8.15. The summed E-state index contributed by atoms with van der Waals surface area (Å²) in [5.41, 5.74) is 9.00. The van der Waals surface area contributed by atoms with Gasteiger partial charge in [0.1, 0.15) is 0 Å². The van der Waals surface area contributed by atoms with E-state index in [-0.39, 0.29) is 30.7 Å². The maximum Gasteiger partial charge on any atom is 0.223 e. The largest absolute Gasteiger partial charge is 0.399 e. The van der Waals surface area contributed by atoms with Crippen LogP contribution in [0.2, 0.25) is 0 Å². The van der Waals surface area contributed by atoms with Gasteiger partial charge in [0.15, 0.2) is 0 Å². The number of nitrogens with zero attached hydrogens (tertiary/aromatic N) is 2. The Kier molecular flexibility index (Phi) is 8.59. The molecule has 1 aliphatic heterocycles. The molecule has 1 amide bonds. The third kappa shape index (κ3) is 5.55. The highest BCUT2D eigenvalue weighted by molar-refractivity contribution is 5.85. The van der Waals surface area contributed by atoms with Gasteiger partial charge in [-0.05, 0) is 30.2 Å². The molecule has 136 valence electrons. The fourth-order valence-corrected chi connectivity index (χ4v) is 3.01. The zero-order valence-electron chi connectivity index (χ0n) is 14.1. The Hall–Kier alpha value is -1.91. The van der Waals surface area contributed by atoms with Crippen LogP contribution in [0.1, 0.15) is 12.0 Å². The number of nitrogens with two attached hydrogens (primary N) is 1. The van der Waals surface area contributed by atoms with Crippen LogP contribution in [-0.4, -0.2) is 37.0 Å². The smallest absolute Gasteiger partial charge is 0.223 e. The summed E-state index contributed by atoms with van der Waals surface area (Å²) in [6.45, 7) is 3.36. The third-order valence-electron chi connectivity index (χ3n) is 4.42. The van der Waals surface area contributed by atoms with E-state index in [9.17, 15) is 4.79 Å². The monoisotopic (exact) mass is 381 g/mol. The van der Waals surface area contributed by atoms with Gasteiger partial charge in [-0.15, -0.1) is 24.8 Å². The predicted molar refractivity (Wildman–Crippen MR) is 109 cm³/mol. The minimum Gasteiger partial charge on any atom is -0.399 e. The maximum absolute atomic E-state index is 12.4. The molecule has 6 heteroatoms. The number of carbonyl (C=O) groups excluding carboxylic acids is 1. The number of aryl methyl sites for hydroxylation is 1. The molecule has 2 aromatic rings. The lowest BCUT2D eigenvalue weighted by Crippen LogP contribution is -2.48. The molecule has 1 aliphatic rings. The molecule has 1 heterocycles. The van der Waals surface area contributed by atoms with Crippen LogP contribution in [0, 0.1) is 0 Å². The van der Waals surface area contributed by atoms with Crippen molar-refractivity contribution in [1.29, 1.82) is 0 Å². The summed E-state index contributed by atoms with van der Waals surface area (Å²) in [6.07, 6.45) is 1.24. The van der Waals surface area contributed by atoms with Gasteiger partial charge >= 0.3 is 0 Å². The van der Waals surface area contributed by atoms with Crippen molar-refractivity contribution in [2.75, 3.05) is 36.8 Å². The summed E-state index contributed by atoms with van der Waals surface area (Å²) in [5, 5.41) is 0. The van der Waals surface area contributed by atoms with E-state index in [1.807, 2.05) is 35.2 Å². The van der Waals surface area contributed by atoms with Crippen LogP contribution in [0.15, 0.2) is 54.6 Å². The van der Waals surface area contributed by atoms with Gasteiger partial charge in [-0.3, -0.25) is 4.79 Å². The number of carbonyl (C=O) groups is 1. The first kappa shape index (κ1) is 21.1. The molecule has 2 aromatic carbocycles. The summed E-state index contributed by atoms with van der Waals surface area (Å²) >= 11 is 0. The number of amides is 1. The Morgan fingerprint density at radius 3 is 2.12 bits per heavy atom. The molecule has 4 nitrogen and oxygen atoms in total. The molecule has 0 aliphatic carbocycles. The summed E-state index contributed by atoms with van der Waals surface area (Å²) in [7, 11) is 0. The Morgan fingerprint density at radius 2 is 1.48 bits per heavy atom. The molecule has 0 unspecified atom stereocenters. The molecule has 0 saturated carbocycles. The molecule has 25 heavy (non-hydrogen) atoms. The average molecular weight is 382 g/mol. The highest BCUT2D eigenvalue weighted by atomic mass is 35.5. The lowest BCUT2D eigenvalue weighted by molar-refractivity contribution is -0.131. The summed E-state index contributed by atoms with van der Waals surface area (Å²) in [4.78, 5) is 16.7. The lowest BCUT2D eigenvalue weighted by atomic mass is 10.1. The van der Waals surface area contributed by atoms with Crippen LogP contribution < -0.4 is 10.6 Å². The van der Waals surface area contributed by atoms with Gasteiger partial charge in [0, 0.05) is 44.0 Å². The number of hydrogen-bond acceptors (Lipinski definition) is 3. The van der Waals surface area contributed by atoms with E-state index in [1.54, 1.807) is 0 Å². The number of nitrogen functional groups attached to an aromatic ring is 1. The van der Waals surface area contributed by atoms with Crippen molar-refractivity contribution < 1.29 is 4.79 Å². The summed E-state index contributed by atoms with van der Waals surface area (Å²) in [6, 6.07) is 18.1. The van der Waals surface area contributed by atoms with E-state index < -0.39 is 0 Å². The number of anilines is 2. The molecule has 1 saturated heterocycles. The topological polar surface area (TPSA) is 49.6 Å². The molecule has 0 aromatic heterocycles. The normalized spacial score (nSPS) is 13.6. The Bertz CT molecular complexity index is 659. The van der Waals surface area contributed by atoms with Crippen molar-refractivity contribution in [1.82, 2.24) is 4.90 Å². The van der Waals surface area contributed by atoms with Gasteiger partial charge in [-0.2, -0.15) is 0 Å². The van der Waals surface area contributed by atoms with E-state index >= 15 is 0 Å². The molecule has 1 fully saturated rings. The van der Waals surface area contributed by atoms with Crippen LogP contribution in [0.5, 0.6) is 0 Å². The van der Waals surface area contributed by atoms with Crippen LogP contribution in [0.3, 0.4) is 0 Å². The number of para-hydroxylation sites is 2. The summed E-state index contributed by atoms with van der Waals surface area (Å²) < 4.78 is 0.